The number of nitrogens with zero attached hydrogens (tertiary/aromatic N) is 3. The van der Waals surface area contributed by atoms with Crippen molar-refractivity contribution in [3.63, 3.8) is 0 Å². The summed E-state index contributed by atoms with van der Waals surface area (Å²) < 4.78 is 52.7. The van der Waals surface area contributed by atoms with Crippen molar-refractivity contribution < 1.29 is 32.5 Å². The molecule has 11 nitrogen and oxygen atoms in total. The first kappa shape index (κ1) is 31.2. The van der Waals surface area contributed by atoms with Crippen LogP contribution in [0.4, 0.5) is 5.82 Å². The Morgan fingerprint density at radius 3 is 2.24 bits per heavy atom. The van der Waals surface area contributed by atoms with Crippen LogP contribution >= 0.6 is 0 Å². The largest absolute Gasteiger partial charge is 0.493 e. The first-order valence-corrected chi connectivity index (χ1v) is 15.3. The number of benzene rings is 3. The van der Waals surface area contributed by atoms with Crippen molar-refractivity contribution >= 4 is 15.8 Å². The third-order valence-corrected chi connectivity index (χ3v) is 7.85. The first-order valence-electron chi connectivity index (χ1n) is 13.8. The molecule has 0 aliphatic rings. The van der Waals surface area contributed by atoms with Crippen LogP contribution in [0.25, 0.3) is 11.4 Å². The Balaban J connectivity index is 1.56. The smallest absolute Gasteiger partial charge is 0.280 e. The average Bonchev–Trinajstić information content (AvgIpc) is 3.05. The lowest BCUT2D eigenvalue weighted by Gasteiger charge is -2.18. The summed E-state index contributed by atoms with van der Waals surface area (Å²) in [6, 6.07) is 26.4. The zero-order valence-corrected chi connectivity index (χ0v) is 25.9. The standard InChI is InChI=1S/C33H32N4O7S/c1-33(2,38)24-17-18-28(34-20-24)45(39,40)37-31-29(44-27-16-9-8-15-26(27)41-3)32(42-4)36-30(35-31)23-13-10-14-25(19-23)43-21-22-11-6-5-7-12-22/h5-20,38H,21H2,1-4H3,(H,35,36,37). The Bertz CT molecular complexity index is 1880. The highest BCUT2D eigenvalue weighted by Crippen LogP contribution is 2.41. The average molecular weight is 629 g/mol. The monoisotopic (exact) mass is 628 g/mol. The third kappa shape index (κ3) is 7.48. The van der Waals surface area contributed by atoms with Gasteiger partial charge in [0.05, 0.1) is 19.8 Å². The molecule has 0 saturated heterocycles. The fraction of sp³-hybridized carbons (Fsp3) is 0.182. The molecule has 0 unspecified atom stereocenters. The summed E-state index contributed by atoms with van der Waals surface area (Å²) in [6.07, 6.45) is 1.30. The number of para-hydroxylation sites is 2. The molecule has 0 spiro atoms. The number of nitrogens with one attached hydrogen (secondary N) is 1. The molecular formula is C33H32N4O7S. The maximum absolute atomic E-state index is 13.6. The van der Waals surface area contributed by atoms with E-state index in [1.165, 1.54) is 32.5 Å². The van der Waals surface area contributed by atoms with E-state index in [-0.39, 0.29) is 34.0 Å². The summed E-state index contributed by atoms with van der Waals surface area (Å²) >= 11 is 0. The molecule has 12 heteroatoms. The summed E-state index contributed by atoms with van der Waals surface area (Å²) in [5.74, 6) is 1.04. The molecule has 0 saturated carbocycles. The Morgan fingerprint density at radius 1 is 0.844 bits per heavy atom. The van der Waals surface area contributed by atoms with Gasteiger partial charge >= 0.3 is 0 Å². The van der Waals surface area contributed by atoms with Gasteiger partial charge in [-0.15, -0.1) is 0 Å². The molecule has 232 valence electrons. The van der Waals surface area contributed by atoms with Gasteiger partial charge in [-0.3, -0.25) is 4.72 Å². The van der Waals surface area contributed by atoms with Crippen LogP contribution < -0.4 is 23.7 Å². The summed E-state index contributed by atoms with van der Waals surface area (Å²) in [7, 11) is -1.43. The maximum Gasteiger partial charge on any atom is 0.280 e. The van der Waals surface area contributed by atoms with Crippen LogP contribution in [0.1, 0.15) is 25.0 Å². The van der Waals surface area contributed by atoms with Crippen LogP contribution in [-0.4, -0.2) is 42.7 Å². The van der Waals surface area contributed by atoms with Crippen LogP contribution in [0.15, 0.2) is 102 Å². The predicted molar refractivity (Wildman–Crippen MR) is 168 cm³/mol. The number of pyridine rings is 1. The zero-order chi connectivity index (χ0) is 32.0. The Kier molecular flexibility index (Phi) is 9.16. The summed E-state index contributed by atoms with van der Waals surface area (Å²) in [6.45, 7) is 3.51. The lowest BCUT2D eigenvalue weighted by Crippen LogP contribution is -2.19. The van der Waals surface area contributed by atoms with Gasteiger partial charge in [-0.25, -0.2) is 9.97 Å². The predicted octanol–water partition coefficient (Wildman–Crippen LogP) is 5.96. The van der Waals surface area contributed by atoms with E-state index in [1.807, 2.05) is 30.3 Å². The SMILES string of the molecule is COc1ccccc1Oc1c(NS(=O)(=O)c2ccc(C(C)(C)O)cn2)nc(-c2cccc(OCc3ccccc3)c2)nc1OC. The Labute approximate surface area is 261 Å². The molecular weight excluding hydrogens is 596 g/mol. The third-order valence-electron chi connectivity index (χ3n) is 6.60. The molecule has 0 aliphatic carbocycles. The molecule has 5 rings (SSSR count). The van der Waals surface area contributed by atoms with E-state index in [4.69, 9.17) is 18.9 Å². The Morgan fingerprint density at radius 2 is 1.58 bits per heavy atom. The van der Waals surface area contributed by atoms with Gasteiger partial charge in [-0.05, 0) is 49.7 Å². The van der Waals surface area contributed by atoms with Crippen LogP contribution in [0.3, 0.4) is 0 Å². The van der Waals surface area contributed by atoms with Gasteiger partial charge in [0, 0.05) is 17.3 Å². The van der Waals surface area contributed by atoms with Gasteiger partial charge in [0.15, 0.2) is 28.2 Å². The van der Waals surface area contributed by atoms with Gasteiger partial charge in [0.25, 0.3) is 15.9 Å². The van der Waals surface area contributed by atoms with E-state index in [0.29, 0.717) is 29.2 Å². The van der Waals surface area contributed by atoms with Gasteiger partial charge in [-0.1, -0.05) is 60.7 Å². The molecule has 0 bridgehead atoms. The number of sulfonamides is 1. The van der Waals surface area contributed by atoms with Crippen molar-refractivity contribution in [2.24, 2.45) is 0 Å². The zero-order valence-electron chi connectivity index (χ0n) is 25.1. The molecule has 3 aromatic carbocycles. The number of methoxy groups -OCH3 is 2. The second kappa shape index (κ2) is 13.2. The van der Waals surface area contributed by atoms with Crippen LogP contribution in [0, 0.1) is 0 Å². The fourth-order valence-corrected chi connectivity index (χ4v) is 5.15. The van der Waals surface area contributed by atoms with E-state index < -0.39 is 15.6 Å². The number of aliphatic hydroxyl groups is 1. The summed E-state index contributed by atoms with van der Waals surface area (Å²) in [5.41, 5.74) is 0.782. The molecule has 2 N–H and O–H groups in total. The molecule has 2 heterocycles. The Hall–Kier alpha value is -5.20. The number of aromatic nitrogens is 3. The molecule has 0 amide bonds. The normalized spacial score (nSPS) is 11.5. The van der Waals surface area contributed by atoms with Crippen molar-refractivity contribution in [3.8, 4) is 40.3 Å². The van der Waals surface area contributed by atoms with E-state index >= 15 is 0 Å². The van der Waals surface area contributed by atoms with Crippen molar-refractivity contribution in [1.29, 1.82) is 0 Å². The van der Waals surface area contributed by atoms with Gasteiger partial charge < -0.3 is 24.1 Å². The second-order valence-corrected chi connectivity index (χ2v) is 12.0. The molecule has 0 atom stereocenters. The highest BCUT2D eigenvalue weighted by Gasteiger charge is 2.26. The van der Waals surface area contributed by atoms with E-state index in [2.05, 4.69) is 19.7 Å². The summed E-state index contributed by atoms with van der Waals surface area (Å²) in [4.78, 5) is 13.2. The second-order valence-electron chi connectivity index (χ2n) is 10.3. The lowest BCUT2D eigenvalue weighted by molar-refractivity contribution is 0.0781. The van der Waals surface area contributed by atoms with E-state index in [9.17, 15) is 13.5 Å². The molecule has 0 fully saturated rings. The number of rotatable bonds is 12. The van der Waals surface area contributed by atoms with Gasteiger partial charge in [-0.2, -0.15) is 13.4 Å². The van der Waals surface area contributed by atoms with Crippen LogP contribution in [0.2, 0.25) is 0 Å². The number of hydrogen-bond donors (Lipinski definition) is 2. The molecule has 45 heavy (non-hydrogen) atoms. The molecule has 5 aromatic rings. The topological polar surface area (TPSA) is 142 Å². The fourth-order valence-electron chi connectivity index (χ4n) is 4.22. The van der Waals surface area contributed by atoms with E-state index in [1.54, 1.807) is 62.4 Å². The van der Waals surface area contributed by atoms with Gasteiger partial charge in [0.2, 0.25) is 5.75 Å². The first-order chi connectivity index (χ1) is 21.6. The minimum atomic E-state index is -4.30. The quantitative estimate of drug-likeness (QED) is 0.170. The van der Waals surface area contributed by atoms with Crippen molar-refractivity contribution in [2.75, 3.05) is 18.9 Å². The van der Waals surface area contributed by atoms with Crippen molar-refractivity contribution in [2.45, 2.75) is 31.1 Å². The minimum Gasteiger partial charge on any atom is -0.493 e. The maximum atomic E-state index is 13.6. The highest BCUT2D eigenvalue weighted by atomic mass is 32.2. The molecule has 0 aliphatic heterocycles. The van der Waals surface area contributed by atoms with Crippen LogP contribution in [0.5, 0.6) is 28.9 Å². The highest BCUT2D eigenvalue weighted by molar-refractivity contribution is 7.92. The van der Waals surface area contributed by atoms with Crippen molar-refractivity contribution in [1.82, 2.24) is 15.0 Å². The molecule has 0 radical (unpaired) electrons. The number of anilines is 1. The van der Waals surface area contributed by atoms with Crippen molar-refractivity contribution in [3.05, 3.63) is 108 Å². The van der Waals surface area contributed by atoms with Crippen LogP contribution in [-0.2, 0) is 22.2 Å². The van der Waals surface area contributed by atoms with Gasteiger partial charge in [0.1, 0.15) is 12.4 Å². The summed E-state index contributed by atoms with van der Waals surface area (Å²) in [5, 5.41) is 9.98. The minimum absolute atomic E-state index is 0.0375. The number of hydrogen-bond acceptors (Lipinski definition) is 10. The lowest BCUT2D eigenvalue weighted by atomic mass is 10.0. The molecule has 2 aromatic heterocycles. The van der Waals surface area contributed by atoms with E-state index in [0.717, 1.165) is 5.56 Å². The number of ether oxygens (including phenoxy) is 4.